The number of rotatable bonds is 9. The van der Waals surface area contributed by atoms with Crippen molar-refractivity contribution < 1.29 is 33.0 Å². The molecule has 0 bridgehead atoms. The molecule has 2 atom stereocenters. The van der Waals surface area contributed by atoms with Gasteiger partial charge in [-0.1, -0.05) is 41.9 Å². The first kappa shape index (κ1) is 28.8. The van der Waals surface area contributed by atoms with Crippen molar-refractivity contribution in [2.24, 2.45) is 5.73 Å². The number of hydrogen-bond donors (Lipinski definition) is 3. The summed E-state index contributed by atoms with van der Waals surface area (Å²) in [6.45, 7) is 0.384. The van der Waals surface area contributed by atoms with Crippen LogP contribution in [0.4, 0.5) is 0 Å². The van der Waals surface area contributed by atoms with E-state index in [1.165, 1.54) is 30.0 Å². The first-order valence-corrected chi connectivity index (χ1v) is 14.9. The normalized spacial score (nSPS) is 17.8. The molecule has 0 radical (unpaired) electrons. The zero-order chi connectivity index (χ0) is 28.5. The molecule has 11 nitrogen and oxygen atoms in total. The lowest BCUT2D eigenvalue weighted by Gasteiger charge is -2.21. The number of thioether (sulfide) groups is 1. The molecular weight excluding hydrogens is 568 g/mol. The van der Waals surface area contributed by atoms with E-state index in [0.717, 1.165) is 26.4 Å². The van der Waals surface area contributed by atoms with Crippen LogP contribution in [0.25, 0.3) is 0 Å². The van der Waals surface area contributed by atoms with E-state index >= 15 is 0 Å². The SMILES string of the molecule is CS(=O)(=O)N1CCC(c2cc(SCc3ccc(CN)cc3)n(C(=O)c3cccc(C(=O)O)c3Cl)n2)C1C(=O)O. The second-order valence-corrected chi connectivity index (χ2v) is 12.3. The van der Waals surface area contributed by atoms with Gasteiger partial charge in [-0.15, -0.1) is 11.8 Å². The molecule has 1 aliphatic heterocycles. The first-order chi connectivity index (χ1) is 18.4. The van der Waals surface area contributed by atoms with E-state index in [1.54, 1.807) is 6.07 Å². The maximum Gasteiger partial charge on any atom is 0.337 e. The van der Waals surface area contributed by atoms with Crippen LogP contribution in [0.2, 0.25) is 5.02 Å². The second kappa shape index (κ2) is 11.5. The zero-order valence-electron chi connectivity index (χ0n) is 20.7. The van der Waals surface area contributed by atoms with Crippen molar-refractivity contribution in [3.05, 3.63) is 81.5 Å². The Morgan fingerprint density at radius 1 is 1.10 bits per heavy atom. The minimum Gasteiger partial charge on any atom is -0.480 e. The summed E-state index contributed by atoms with van der Waals surface area (Å²) in [5.41, 5.74) is 7.42. The number of nitrogens with zero attached hydrogens (tertiary/aromatic N) is 3. The van der Waals surface area contributed by atoms with Crippen molar-refractivity contribution in [1.82, 2.24) is 14.1 Å². The number of aromatic carboxylic acids is 1. The van der Waals surface area contributed by atoms with Gasteiger partial charge in [0, 0.05) is 24.8 Å². The van der Waals surface area contributed by atoms with Crippen LogP contribution < -0.4 is 5.73 Å². The Balaban J connectivity index is 1.75. The van der Waals surface area contributed by atoms with Gasteiger partial charge in [-0.3, -0.25) is 9.59 Å². The second-order valence-electron chi connectivity index (χ2n) is 8.96. The smallest absolute Gasteiger partial charge is 0.337 e. The molecule has 1 fully saturated rings. The number of nitrogens with two attached hydrogens (primary N) is 1. The predicted molar refractivity (Wildman–Crippen MR) is 145 cm³/mol. The fourth-order valence-electron chi connectivity index (χ4n) is 4.46. The molecule has 0 amide bonds. The summed E-state index contributed by atoms with van der Waals surface area (Å²) in [4.78, 5) is 37.3. The van der Waals surface area contributed by atoms with Gasteiger partial charge in [0.25, 0.3) is 5.91 Å². The van der Waals surface area contributed by atoms with Gasteiger partial charge < -0.3 is 15.9 Å². The van der Waals surface area contributed by atoms with Gasteiger partial charge in [0.05, 0.1) is 28.1 Å². The minimum absolute atomic E-state index is 0.0102. The van der Waals surface area contributed by atoms with Crippen LogP contribution in [0.1, 0.15) is 49.9 Å². The average molecular weight is 593 g/mol. The third-order valence-electron chi connectivity index (χ3n) is 6.40. The predicted octanol–water partition coefficient (Wildman–Crippen LogP) is 2.88. The Morgan fingerprint density at radius 2 is 1.74 bits per heavy atom. The highest BCUT2D eigenvalue weighted by Gasteiger charge is 2.46. The van der Waals surface area contributed by atoms with Crippen LogP contribution in [0.3, 0.4) is 0 Å². The number of carbonyl (C=O) groups is 3. The first-order valence-electron chi connectivity index (χ1n) is 11.7. The lowest BCUT2D eigenvalue weighted by atomic mass is 9.97. The summed E-state index contributed by atoms with van der Waals surface area (Å²) >= 11 is 7.52. The monoisotopic (exact) mass is 592 g/mol. The Morgan fingerprint density at radius 3 is 2.33 bits per heavy atom. The van der Waals surface area contributed by atoms with E-state index in [2.05, 4.69) is 5.10 Å². The molecule has 4 N–H and O–H groups in total. The maximum absolute atomic E-state index is 13.6. The summed E-state index contributed by atoms with van der Waals surface area (Å²) in [5, 5.41) is 23.8. The molecule has 0 aliphatic carbocycles. The molecule has 206 valence electrons. The summed E-state index contributed by atoms with van der Waals surface area (Å²) < 4.78 is 26.4. The number of benzene rings is 2. The molecule has 1 saturated heterocycles. The zero-order valence-corrected chi connectivity index (χ0v) is 23.0. The van der Waals surface area contributed by atoms with Crippen molar-refractivity contribution in [2.75, 3.05) is 12.8 Å². The van der Waals surface area contributed by atoms with Gasteiger partial charge in [0.2, 0.25) is 10.0 Å². The lowest BCUT2D eigenvalue weighted by Crippen LogP contribution is -2.42. The number of carboxylic acids is 2. The van der Waals surface area contributed by atoms with Crippen molar-refractivity contribution >= 4 is 51.2 Å². The van der Waals surface area contributed by atoms with E-state index < -0.39 is 39.8 Å². The molecule has 2 heterocycles. The number of sulfonamides is 1. The van der Waals surface area contributed by atoms with Crippen molar-refractivity contribution in [2.45, 2.75) is 35.7 Å². The van der Waals surface area contributed by atoms with E-state index in [1.807, 2.05) is 24.3 Å². The third kappa shape index (κ3) is 6.02. The Bertz CT molecular complexity index is 1540. The highest BCUT2D eigenvalue weighted by Crippen LogP contribution is 2.37. The quantitative estimate of drug-likeness (QED) is 0.313. The van der Waals surface area contributed by atoms with Crippen molar-refractivity contribution in [3.63, 3.8) is 0 Å². The molecule has 2 aromatic carbocycles. The van der Waals surface area contributed by atoms with E-state index in [4.69, 9.17) is 17.3 Å². The Hall–Kier alpha value is -3.23. The summed E-state index contributed by atoms with van der Waals surface area (Å²) in [5.74, 6) is -3.72. The molecule has 0 saturated carbocycles. The molecule has 39 heavy (non-hydrogen) atoms. The summed E-state index contributed by atoms with van der Waals surface area (Å²) in [7, 11) is -3.81. The Labute approximate surface area is 233 Å². The van der Waals surface area contributed by atoms with Gasteiger partial charge in [-0.2, -0.15) is 14.1 Å². The van der Waals surface area contributed by atoms with E-state index in [-0.39, 0.29) is 34.8 Å². The van der Waals surface area contributed by atoms with Gasteiger partial charge >= 0.3 is 11.9 Å². The van der Waals surface area contributed by atoms with Crippen LogP contribution in [-0.2, 0) is 27.1 Å². The fraction of sp³-hybridized carbons (Fsp3) is 0.280. The maximum atomic E-state index is 13.6. The highest BCUT2D eigenvalue weighted by atomic mass is 35.5. The molecule has 2 unspecified atom stereocenters. The third-order valence-corrected chi connectivity index (χ3v) is 9.14. The van der Waals surface area contributed by atoms with E-state index in [0.29, 0.717) is 17.3 Å². The van der Waals surface area contributed by atoms with Crippen LogP contribution in [-0.4, -0.2) is 69.4 Å². The van der Waals surface area contributed by atoms with E-state index in [9.17, 15) is 33.0 Å². The lowest BCUT2D eigenvalue weighted by molar-refractivity contribution is -0.141. The number of carbonyl (C=O) groups excluding carboxylic acids is 1. The summed E-state index contributed by atoms with van der Waals surface area (Å²) in [6.07, 6.45) is 1.14. The Kier molecular flexibility index (Phi) is 8.47. The number of carboxylic acid groups (broad SMARTS) is 2. The number of halogens is 1. The largest absolute Gasteiger partial charge is 0.480 e. The van der Waals surface area contributed by atoms with Crippen LogP contribution in [0, 0.1) is 0 Å². The minimum atomic E-state index is -3.81. The topological polar surface area (TPSA) is 173 Å². The molecule has 0 spiro atoms. The van der Waals surface area contributed by atoms with Crippen LogP contribution in [0.15, 0.2) is 53.6 Å². The molecule has 3 aromatic rings. The van der Waals surface area contributed by atoms with Gasteiger partial charge in [-0.25, -0.2) is 13.2 Å². The molecule has 1 aromatic heterocycles. The number of aliphatic carboxylic acids is 1. The van der Waals surface area contributed by atoms with Gasteiger partial charge in [-0.05, 0) is 35.7 Å². The molecule has 4 rings (SSSR count). The molecule has 1 aliphatic rings. The van der Waals surface area contributed by atoms with Crippen molar-refractivity contribution in [3.8, 4) is 0 Å². The van der Waals surface area contributed by atoms with Gasteiger partial charge in [0.1, 0.15) is 11.1 Å². The summed E-state index contributed by atoms with van der Waals surface area (Å²) in [6, 6.07) is 11.8. The number of aromatic nitrogens is 2. The average Bonchev–Trinajstić information content (AvgIpc) is 3.52. The molecule has 14 heteroatoms. The van der Waals surface area contributed by atoms with Crippen molar-refractivity contribution in [1.29, 1.82) is 0 Å². The molecular formula is C25H25ClN4O7S2. The highest BCUT2D eigenvalue weighted by molar-refractivity contribution is 7.98. The fourth-order valence-corrected chi connectivity index (χ4v) is 6.79. The van der Waals surface area contributed by atoms with Gasteiger partial charge in [0.15, 0.2) is 0 Å². The standard InChI is InChI=1S/C25H25ClN4O7S2/c1-39(36,37)29-10-9-16(22(29)25(34)35)19-11-20(38-13-15-7-5-14(12-27)6-8-15)30(28-19)23(31)17-3-2-4-18(21(17)26)24(32)33/h2-8,11,16,22H,9-10,12-13,27H2,1H3,(H,32,33)(H,34,35). The van der Waals surface area contributed by atoms with Crippen LogP contribution in [0.5, 0.6) is 0 Å². The van der Waals surface area contributed by atoms with Crippen LogP contribution >= 0.6 is 23.4 Å². The number of hydrogen-bond acceptors (Lipinski definition) is 8.